The number of likely N-dealkylation sites (N-methyl/N-ethyl adjacent to an activating group) is 1. The third-order valence-corrected chi connectivity index (χ3v) is 6.27. The van der Waals surface area contributed by atoms with Gasteiger partial charge in [0.05, 0.1) is 27.6 Å². The van der Waals surface area contributed by atoms with Gasteiger partial charge in [0.15, 0.2) is 6.10 Å². The van der Waals surface area contributed by atoms with Gasteiger partial charge >= 0.3 is 11.9 Å². The zero-order valence-corrected chi connectivity index (χ0v) is 22.7. The highest BCUT2D eigenvalue weighted by Gasteiger charge is 2.25. The molecule has 0 aliphatic carbocycles. The molecule has 0 aliphatic heterocycles. The number of esters is 1. The first-order valence-electron chi connectivity index (χ1n) is 13.9. The Morgan fingerprint density at radius 3 is 1.55 bits per heavy atom. The average Bonchev–Trinajstić information content (AvgIpc) is 2.68. The van der Waals surface area contributed by atoms with Gasteiger partial charge < -0.3 is 14.3 Å². The second kappa shape index (κ2) is 20.3. The summed E-state index contributed by atoms with van der Waals surface area (Å²) in [5.74, 6) is -0.899. The Labute approximate surface area is 205 Å². The summed E-state index contributed by atoms with van der Waals surface area (Å²) in [7, 11) is 5.92. The van der Waals surface area contributed by atoms with Gasteiger partial charge in [-0.1, -0.05) is 117 Å². The van der Waals surface area contributed by atoms with Crippen molar-refractivity contribution in [1.29, 1.82) is 0 Å². The molecule has 0 fully saturated rings. The minimum absolute atomic E-state index is 0.130. The molecule has 2 unspecified atom stereocenters. The van der Waals surface area contributed by atoms with E-state index in [1.807, 2.05) is 21.1 Å². The fourth-order valence-corrected chi connectivity index (χ4v) is 4.43. The van der Waals surface area contributed by atoms with Crippen molar-refractivity contribution in [2.75, 3.05) is 27.7 Å². The summed E-state index contributed by atoms with van der Waals surface area (Å²) < 4.78 is 6.07. The van der Waals surface area contributed by atoms with Gasteiger partial charge in [-0.3, -0.25) is 9.59 Å². The average molecular weight is 471 g/mol. The minimum Gasteiger partial charge on any atom is -0.481 e. The number of nitrogens with zero attached hydrogens (tertiary/aromatic N) is 1. The summed E-state index contributed by atoms with van der Waals surface area (Å²) in [5.41, 5.74) is 0. The molecule has 0 spiro atoms. The van der Waals surface area contributed by atoms with Crippen LogP contribution in [-0.4, -0.2) is 55.3 Å². The monoisotopic (exact) mass is 470 g/mol. The van der Waals surface area contributed by atoms with Crippen molar-refractivity contribution in [2.24, 2.45) is 5.92 Å². The molecule has 0 amide bonds. The van der Waals surface area contributed by atoms with Crippen LogP contribution in [0.15, 0.2) is 0 Å². The molecule has 0 saturated carbocycles. The van der Waals surface area contributed by atoms with Gasteiger partial charge in [-0.25, -0.2) is 0 Å². The van der Waals surface area contributed by atoms with Crippen molar-refractivity contribution in [3.8, 4) is 0 Å². The van der Waals surface area contributed by atoms with Crippen LogP contribution in [0.4, 0.5) is 0 Å². The molecule has 0 aromatic rings. The number of aliphatic carboxylic acids is 1. The molecule has 1 N–H and O–H groups in total. The van der Waals surface area contributed by atoms with Crippen LogP contribution in [-0.2, 0) is 14.3 Å². The molecular weight excluding hydrogens is 414 g/mol. The van der Waals surface area contributed by atoms with E-state index in [1.165, 1.54) is 89.9 Å². The summed E-state index contributed by atoms with van der Waals surface area (Å²) in [6.07, 6.45) is 21.1. The molecule has 0 aromatic carbocycles. The molecule has 2 atom stereocenters. The number of hydrogen-bond acceptors (Lipinski definition) is 3. The lowest BCUT2D eigenvalue weighted by Crippen LogP contribution is -2.43. The smallest absolute Gasteiger partial charge is 0.307 e. The number of carbonyl (C=O) groups is 2. The lowest BCUT2D eigenvalue weighted by atomic mass is 9.98. The maximum atomic E-state index is 12.3. The van der Waals surface area contributed by atoms with Gasteiger partial charge in [0.1, 0.15) is 6.54 Å². The van der Waals surface area contributed by atoms with E-state index in [0.717, 1.165) is 12.8 Å². The molecule has 5 heteroatoms. The first kappa shape index (κ1) is 31.9. The molecule has 0 radical (unpaired) electrons. The fourth-order valence-electron chi connectivity index (χ4n) is 4.43. The summed E-state index contributed by atoms with van der Waals surface area (Å²) in [6, 6.07) is 0. The van der Waals surface area contributed by atoms with E-state index in [2.05, 4.69) is 13.8 Å². The third-order valence-electron chi connectivity index (χ3n) is 6.27. The maximum absolute atomic E-state index is 12.3. The standard InChI is InChI=1S/C28H55NO4/c1-6-7-8-9-10-11-12-13-14-15-16-17-18-19-20-21-25(2)22-28(32)33-26(23-27(30)31)24-29(3,4)5/h25-26H,6-24H2,1-5H3/p+1. The molecule has 5 nitrogen and oxygen atoms in total. The van der Waals surface area contributed by atoms with E-state index in [9.17, 15) is 9.59 Å². The predicted molar refractivity (Wildman–Crippen MR) is 138 cm³/mol. The first-order valence-corrected chi connectivity index (χ1v) is 13.9. The minimum atomic E-state index is -0.924. The quantitative estimate of drug-likeness (QED) is 0.0962. The van der Waals surface area contributed by atoms with Gasteiger partial charge in [0.2, 0.25) is 0 Å². The van der Waals surface area contributed by atoms with Crippen LogP contribution in [0, 0.1) is 5.92 Å². The van der Waals surface area contributed by atoms with E-state index in [0.29, 0.717) is 17.4 Å². The Balaban J connectivity index is 3.66. The number of carbonyl (C=O) groups excluding carboxylic acids is 1. The van der Waals surface area contributed by atoms with E-state index < -0.39 is 12.1 Å². The van der Waals surface area contributed by atoms with E-state index in [4.69, 9.17) is 9.84 Å². The third kappa shape index (κ3) is 23.8. The summed E-state index contributed by atoms with van der Waals surface area (Å²) in [5, 5.41) is 9.08. The normalized spacial score (nSPS) is 13.6. The Morgan fingerprint density at radius 1 is 0.727 bits per heavy atom. The molecule has 0 rings (SSSR count). The predicted octanol–water partition coefficient (Wildman–Crippen LogP) is 7.37. The number of carboxylic acid groups (broad SMARTS) is 1. The Hall–Kier alpha value is -1.10. The Kier molecular flexibility index (Phi) is 19.6. The second-order valence-corrected chi connectivity index (χ2v) is 11.2. The van der Waals surface area contributed by atoms with Crippen LogP contribution >= 0.6 is 0 Å². The molecular formula is C28H56NO4+. The SMILES string of the molecule is CCCCCCCCCCCCCCCCCC(C)CC(=O)OC(CC(=O)O)C[N+](C)(C)C. The van der Waals surface area contributed by atoms with Gasteiger partial charge in [-0.05, 0) is 5.92 Å². The van der Waals surface area contributed by atoms with E-state index in [-0.39, 0.29) is 18.3 Å². The van der Waals surface area contributed by atoms with Crippen molar-refractivity contribution < 1.29 is 23.9 Å². The second-order valence-electron chi connectivity index (χ2n) is 11.2. The molecule has 0 bridgehead atoms. The molecule has 0 saturated heterocycles. The number of unbranched alkanes of at least 4 members (excludes halogenated alkanes) is 14. The van der Waals surface area contributed by atoms with Crippen LogP contribution < -0.4 is 0 Å². The number of ether oxygens (including phenoxy) is 1. The maximum Gasteiger partial charge on any atom is 0.307 e. The number of rotatable bonds is 23. The zero-order chi connectivity index (χ0) is 25.0. The van der Waals surface area contributed by atoms with Gasteiger partial charge in [-0.2, -0.15) is 0 Å². The summed E-state index contributed by atoms with van der Waals surface area (Å²) >= 11 is 0. The highest BCUT2D eigenvalue weighted by Crippen LogP contribution is 2.18. The van der Waals surface area contributed by atoms with Crippen LogP contribution in [0.3, 0.4) is 0 Å². The lowest BCUT2D eigenvalue weighted by Gasteiger charge is -2.28. The largest absolute Gasteiger partial charge is 0.481 e. The van der Waals surface area contributed by atoms with Crippen molar-refractivity contribution in [2.45, 2.75) is 136 Å². The molecule has 33 heavy (non-hydrogen) atoms. The van der Waals surface area contributed by atoms with Crippen molar-refractivity contribution in [1.82, 2.24) is 0 Å². The van der Waals surface area contributed by atoms with Crippen LogP contribution in [0.25, 0.3) is 0 Å². The van der Waals surface area contributed by atoms with E-state index >= 15 is 0 Å². The molecule has 0 aliphatic rings. The fraction of sp³-hybridized carbons (Fsp3) is 0.929. The highest BCUT2D eigenvalue weighted by molar-refractivity contribution is 5.71. The summed E-state index contributed by atoms with van der Waals surface area (Å²) in [6.45, 7) is 4.87. The van der Waals surface area contributed by atoms with Crippen molar-refractivity contribution in [3.63, 3.8) is 0 Å². The highest BCUT2D eigenvalue weighted by atomic mass is 16.5. The van der Waals surface area contributed by atoms with Gasteiger partial charge in [-0.15, -0.1) is 0 Å². The number of hydrogen-bond donors (Lipinski definition) is 1. The first-order chi connectivity index (χ1) is 15.6. The number of carboxylic acids is 1. The van der Waals surface area contributed by atoms with Crippen molar-refractivity contribution in [3.05, 3.63) is 0 Å². The Morgan fingerprint density at radius 2 is 1.15 bits per heavy atom. The van der Waals surface area contributed by atoms with Gasteiger partial charge in [0.25, 0.3) is 0 Å². The molecule has 196 valence electrons. The molecule has 0 aromatic heterocycles. The van der Waals surface area contributed by atoms with E-state index in [1.54, 1.807) is 0 Å². The zero-order valence-electron chi connectivity index (χ0n) is 22.7. The van der Waals surface area contributed by atoms with Crippen LogP contribution in [0.5, 0.6) is 0 Å². The lowest BCUT2D eigenvalue weighted by molar-refractivity contribution is -0.873. The van der Waals surface area contributed by atoms with Gasteiger partial charge in [0, 0.05) is 6.42 Å². The molecule has 0 heterocycles. The van der Waals surface area contributed by atoms with Crippen molar-refractivity contribution >= 4 is 11.9 Å². The summed E-state index contributed by atoms with van der Waals surface area (Å²) in [4.78, 5) is 23.3. The topological polar surface area (TPSA) is 63.6 Å². The number of quaternary nitrogens is 1. The van der Waals surface area contributed by atoms with Crippen LogP contribution in [0.2, 0.25) is 0 Å². The Bertz CT molecular complexity index is 487. The van der Waals surface area contributed by atoms with Crippen LogP contribution in [0.1, 0.15) is 129 Å².